The summed E-state index contributed by atoms with van der Waals surface area (Å²) >= 11 is 1.82. The first-order valence-electron chi connectivity index (χ1n) is 17.1. The molecule has 0 unspecified atom stereocenters. The Morgan fingerprint density at radius 1 is 0.725 bits per heavy atom. The van der Waals surface area contributed by atoms with Crippen molar-refractivity contribution in [1.82, 2.24) is 9.97 Å². The molecule has 8 aromatic rings. The molecule has 0 atom stereocenters. The molecule has 5 heteroatoms. The fourth-order valence-electron chi connectivity index (χ4n) is 6.71. The van der Waals surface area contributed by atoms with Crippen LogP contribution in [-0.2, 0) is 25.5 Å². The van der Waals surface area contributed by atoms with Crippen LogP contribution in [0.3, 0.4) is 0 Å². The van der Waals surface area contributed by atoms with Gasteiger partial charge < -0.3 is 14.4 Å². The molecule has 259 valence electrons. The number of hydrogen-bond acceptors (Lipinski definition) is 4. The molecular weight excluding hydrogens is 821 g/mol. The monoisotopic (exact) mass is 863 g/mol. The first kappa shape index (κ1) is 36.4. The van der Waals surface area contributed by atoms with Crippen molar-refractivity contribution in [3.63, 3.8) is 0 Å². The molecule has 0 aliphatic heterocycles. The van der Waals surface area contributed by atoms with Gasteiger partial charge in [-0.25, -0.2) is 0 Å². The molecule has 0 amide bonds. The van der Waals surface area contributed by atoms with Gasteiger partial charge in [0.25, 0.3) is 0 Å². The average molecular weight is 863 g/mol. The maximum absolute atomic E-state index is 6.48. The van der Waals surface area contributed by atoms with E-state index >= 15 is 0 Å². The van der Waals surface area contributed by atoms with Gasteiger partial charge in [0.1, 0.15) is 5.58 Å². The van der Waals surface area contributed by atoms with Gasteiger partial charge in [0.05, 0.1) is 5.58 Å². The third-order valence-electron chi connectivity index (χ3n) is 9.54. The van der Waals surface area contributed by atoms with Gasteiger partial charge in [-0.15, -0.1) is 64.9 Å². The Kier molecular flexibility index (Phi) is 10.2. The van der Waals surface area contributed by atoms with Gasteiger partial charge >= 0.3 is 0 Å². The fourth-order valence-corrected chi connectivity index (χ4v) is 7.78. The zero-order chi connectivity index (χ0) is 35.3. The number of fused-ring (bicyclic) bond motifs is 5. The molecule has 0 aliphatic carbocycles. The van der Waals surface area contributed by atoms with Crippen LogP contribution in [0.25, 0.3) is 65.7 Å². The van der Waals surface area contributed by atoms with Gasteiger partial charge in [-0.3, -0.25) is 0 Å². The van der Waals surface area contributed by atoms with Gasteiger partial charge in [-0.2, -0.15) is 0 Å². The SMILES string of the molecule is Cc1c[c-]c(-c2cc(C)c(C)cn2)cc1.Cc1cc2ccc3oc4c(-c5cc(-c6c(C)cccc6C)c(C(C)(C)C)cn5)[c-]ccc4c3c2s1.[Ir]. The number of hydrogen-bond donors (Lipinski definition) is 0. The summed E-state index contributed by atoms with van der Waals surface area (Å²) in [6.45, 7) is 19.5. The first-order valence-corrected chi connectivity index (χ1v) is 18.0. The summed E-state index contributed by atoms with van der Waals surface area (Å²) in [7, 11) is 0. The Morgan fingerprint density at radius 3 is 2.16 bits per heavy atom. The number of benzene rings is 4. The minimum absolute atomic E-state index is 0. The maximum atomic E-state index is 6.48. The minimum atomic E-state index is -0.0344. The van der Waals surface area contributed by atoms with E-state index in [0.29, 0.717) is 0 Å². The second-order valence-electron chi connectivity index (χ2n) is 14.5. The Bertz CT molecular complexity index is 2510. The average Bonchev–Trinajstić information content (AvgIpc) is 3.65. The third kappa shape index (κ3) is 7.08. The van der Waals surface area contributed by atoms with Crippen molar-refractivity contribution in [3.8, 4) is 33.6 Å². The zero-order valence-corrected chi connectivity index (χ0v) is 33.9. The van der Waals surface area contributed by atoms with E-state index in [1.54, 1.807) is 0 Å². The molecule has 0 bridgehead atoms. The fraction of sp³-hybridized carbons (Fsp3) is 0.217. The van der Waals surface area contributed by atoms with E-state index in [2.05, 4.69) is 146 Å². The van der Waals surface area contributed by atoms with Crippen LogP contribution in [0.4, 0.5) is 0 Å². The Balaban J connectivity index is 0.000000236. The molecule has 4 aromatic carbocycles. The number of aromatic nitrogens is 2. The van der Waals surface area contributed by atoms with E-state index < -0.39 is 0 Å². The van der Waals surface area contributed by atoms with Crippen molar-refractivity contribution in [3.05, 3.63) is 142 Å². The van der Waals surface area contributed by atoms with Crippen molar-refractivity contribution in [2.45, 2.75) is 67.7 Å². The predicted octanol–water partition coefficient (Wildman–Crippen LogP) is 13.0. The van der Waals surface area contributed by atoms with Crippen LogP contribution in [0, 0.1) is 53.7 Å². The van der Waals surface area contributed by atoms with Crippen molar-refractivity contribution in [1.29, 1.82) is 0 Å². The van der Waals surface area contributed by atoms with Crippen LogP contribution in [0.15, 0.2) is 95.7 Å². The van der Waals surface area contributed by atoms with Crippen LogP contribution < -0.4 is 0 Å². The zero-order valence-electron chi connectivity index (χ0n) is 30.7. The maximum Gasteiger partial charge on any atom is 0.122 e. The van der Waals surface area contributed by atoms with Gasteiger partial charge in [0.15, 0.2) is 0 Å². The van der Waals surface area contributed by atoms with Gasteiger partial charge in [-0.1, -0.05) is 74.5 Å². The molecule has 51 heavy (non-hydrogen) atoms. The normalized spacial score (nSPS) is 11.5. The van der Waals surface area contributed by atoms with Crippen molar-refractivity contribution in [2.75, 3.05) is 0 Å². The van der Waals surface area contributed by atoms with E-state index in [1.165, 1.54) is 64.9 Å². The number of thiophene rings is 1. The first-order chi connectivity index (χ1) is 23.9. The largest absolute Gasteiger partial charge is 0.501 e. The molecular formula is C46H42IrN2OS-2. The van der Waals surface area contributed by atoms with Crippen LogP contribution in [0.5, 0.6) is 0 Å². The molecule has 0 saturated carbocycles. The summed E-state index contributed by atoms with van der Waals surface area (Å²) in [5.74, 6) is 0. The summed E-state index contributed by atoms with van der Waals surface area (Å²) < 4.78 is 7.76. The van der Waals surface area contributed by atoms with Gasteiger partial charge in [0, 0.05) is 47.5 Å². The quantitative estimate of drug-likeness (QED) is 0.166. The molecule has 0 fully saturated rings. The number of nitrogens with zero attached hydrogens (tertiary/aromatic N) is 2. The molecule has 1 radical (unpaired) electrons. The van der Waals surface area contributed by atoms with Crippen molar-refractivity contribution < 1.29 is 24.5 Å². The number of rotatable bonds is 3. The van der Waals surface area contributed by atoms with Crippen molar-refractivity contribution in [2.24, 2.45) is 0 Å². The molecule has 4 heterocycles. The molecule has 8 rings (SSSR count). The molecule has 3 nitrogen and oxygen atoms in total. The third-order valence-corrected chi connectivity index (χ3v) is 10.6. The van der Waals surface area contributed by atoms with E-state index in [9.17, 15) is 0 Å². The van der Waals surface area contributed by atoms with E-state index in [-0.39, 0.29) is 25.5 Å². The van der Waals surface area contributed by atoms with E-state index in [0.717, 1.165) is 39.1 Å². The Hall–Kier alpha value is -4.41. The second-order valence-corrected chi connectivity index (χ2v) is 15.7. The van der Waals surface area contributed by atoms with E-state index in [1.807, 2.05) is 35.9 Å². The Labute approximate surface area is 319 Å². The van der Waals surface area contributed by atoms with Crippen LogP contribution in [0.2, 0.25) is 0 Å². The summed E-state index contributed by atoms with van der Waals surface area (Å²) in [6.07, 6.45) is 3.96. The summed E-state index contributed by atoms with van der Waals surface area (Å²) in [5.41, 5.74) is 15.6. The van der Waals surface area contributed by atoms with E-state index in [4.69, 9.17) is 9.40 Å². The molecule has 0 saturated heterocycles. The van der Waals surface area contributed by atoms with Crippen LogP contribution in [0.1, 0.15) is 59.0 Å². The van der Waals surface area contributed by atoms with Crippen LogP contribution >= 0.6 is 11.3 Å². The number of furan rings is 1. The van der Waals surface area contributed by atoms with Crippen LogP contribution in [-0.4, -0.2) is 9.97 Å². The second kappa shape index (κ2) is 14.3. The Morgan fingerprint density at radius 2 is 1.47 bits per heavy atom. The molecule has 0 spiro atoms. The van der Waals surface area contributed by atoms with Gasteiger partial charge in [0.2, 0.25) is 0 Å². The van der Waals surface area contributed by atoms with Crippen molar-refractivity contribution >= 4 is 43.4 Å². The minimum Gasteiger partial charge on any atom is -0.501 e. The number of pyridine rings is 2. The summed E-state index contributed by atoms with van der Waals surface area (Å²) in [4.78, 5) is 10.7. The molecule has 4 aromatic heterocycles. The standard InChI is InChI=1S/C32H28NOS.C14H14N.Ir/c1-18-9-7-10-19(2)28(18)24-16-26(33-17-25(24)32(4,5)6)22-11-8-12-23-29-27(34-30(22)23)14-13-21-15-20(3)35-31(21)29;1-10-4-6-13(7-5-10)14-8-11(2)12(3)9-15-14;/h7-10,12-17H,1-6H3;4-6,8-9H,1-3H3;/q2*-1;. The topological polar surface area (TPSA) is 38.9 Å². The number of aryl methyl sites for hydroxylation is 6. The smallest absolute Gasteiger partial charge is 0.122 e. The predicted molar refractivity (Wildman–Crippen MR) is 212 cm³/mol. The molecule has 0 aliphatic rings. The molecule has 0 N–H and O–H groups in total. The van der Waals surface area contributed by atoms with Gasteiger partial charge in [-0.05, 0) is 108 Å². The summed E-state index contributed by atoms with van der Waals surface area (Å²) in [6, 6.07) is 34.3. The summed E-state index contributed by atoms with van der Waals surface area (Å²) in [5, 5.41) is 3.57.